The lowest BCUT2D eigenvalue weighted by atomic mass is 9.81. The molecule has 1 aliphatic carbocycles. The molecule has 0 atom stereocenters. The molecule has 9 rings (SSSR count). The average molecular weight is 761 g/mol. The van der Waals surface area contributed by atoms with Crippen molar-refractivity contribution in [2.45, 2.75) is 57.8 Å². The monoisotopic (exact) mass is 760 g/mol. The van der Waals surface area contributed by atoms with E-state index >= 15 is 17.6 Å². The Balaban J connectivity index is 1.44. The van der Waals surface area contributed by atoms with Gasteiger partial charge in [-0.3, -0.25) is 9.98 Å². The summed E-state index contributed by atoms with van der Waals surface area (Å²) in [5, 5.41) is 0.589. The van der Waals surface area contributed by atoms with Gasteiger partial charge >= 0.3 is 0 Å². The predicted octanol–water partition coefficient (Wildman–Crippen LogP) is 12.7. The normalized spacial score (nSPS) is 20.8. The number of aliphatic imine (C=N–C) groups is 2. The lowest BCUT2D eigenvalue weighted by Gasteiger charge is -2.31. The highest BCUT2D eigenvalue weighted by Crippen LogP contribution is 2.64. The maximum absolute atomic E-state index is 16.3. The summed E-state index contributed by atoms with van der Waals surface area (Å²) < 4.78 is 77.8. The van der Waals surface area contributed by atoms with E-state index in [9.17, 15) is 4.39 Å². The Morgan fingerprint density at radius 3 is 1.37 bits per heavy atom. The minimum atomic E-state index is -2.26. The van der Waals surface area contributed by atoms with Crippen molar-refractivity contribution in [1.82, 2.24) is 0 Å². The average Bonchev–Trinajstić information content (AvgIpc) is 4.01. The second-order valence-electron chi connectivity index (χ2n) is 15.1. The Bertz CT molecular complexity index is 2450. The van der Waals surface area contributed by atoms with Gasteiger partial charge in [-0.2, -0.15) is 0 Å². The minimum Gasteiger partial charge on any atom is -0.252 e. The van der Waals surface area contributed by atoms with Gasteiger partial charge in [0.25, 0.3) is 0 Å². The standard InChI is InChI=1S/C45H34F5N2PS/c1-44(2)32-22-18-28(51-32)34(24-12-7-5-8-13-24)30-20-21-31(54-30)35(25-14-9-6-10-15-25)29-19-23-33(52-29)45(3,4)43-27-17-11-16-26(27)42(44)53(43)41-39(49)37(47)36(46)38(48)40(41)50/h5-10,12-15,18-23H,11,16-17H2,1-4H3/b34-28-,35-29-. The zero-order valence-electron chi connectivity index (χ0n) is 30.0. The van der Waals surface area contributed by atoms with Gasteiger partial charge in [-0.25, -0.2) is 22.0 Å². The molecule has 54 heavy (non-hydrogen) atoms. The molecule has 2 aromatic heterocycles. The van der Waals surface area contributed by atoms with E-state index in [-0.39, 0.29) is 0 Å². The molecule has 2 nitrogen and oxygen atoms in total. The molecule has 8 bridgehead atoms. The first-order chi connectivity index (χ1) is 25.9. The summed E-state index contributed by atoms with van der Waals surface area (Å²) in [6.45, 7) is 7.85. The molecule has 0 N–H and O–H groups in total. The highest BCUT2D eigenvalue weighted by Gasteiger charge is 2.46. The van der Waals surface area contributed by atoms with Gasteiger partial charge in [-0.15, -0.1) is 11.3 Å². The van der Waals surface area contributed by atoms with Gasteiger partial charge < -0.3 is 0 Å². The SMILES string of the molecule is CC1(C)C2=N/C(=C(/c3ccccc3)c3ccc(s3)/C(c3ccccc3)=C3/C=CC(=N3)C(C)(C)c3c4c(c1p3-c1c(F)c(F)c(F)c(F)c1F)CCC4)C=C2. The lowest BCUT2D eigenvalue weighted by Crippen LogP contribution is -2.28. The predicted molar refractivity (Wildman–Crippen MR) is 211 cm³/mol. The molecule has 4 aliphatic rings. The molecule has 5 aromatic rings. The first kappa shape index (κ1) is 34.8. The molecule has 3 aromatic carbocycles. The van der Waals surface area contributed by atoms with E-state index in [0.29, 0.717) is 34.9 Å². The molecule has 270 valence electrons. The molecule has 9 heteroatoms. The van der Waals surface area contributed by atoms with Gasteiger partial charge in [0.1, 0.15) is 0 Å². The van der Waals surface area contributed by atoms with Crippen molar-refractivity contribution in [1.29, 1.82) is 0 Å². The van der Waals surface area contributed by atoms with Crippen LogP contribution in [0.1, 0.15) is 76.7 Å². The van der Waals surface area contributed by atoms with E-state index in [4.69, 9.17) is 9.98 Å². The van der Waals surface area contributed by atoms with Crippen molar-refractivity contribution in [3.05, 3.63) is 180 Å². The van der Waals surface area contributed by atoms with Gasteiger partial charge in [-0.05, 0) is 116 Å². The number of halogens is 5. The van der Waals surface area contributed by atoms with E-state index in [1.165, 1.54) is 0 Å². The van der Waals surface area contributed by atoms with Gasteiger partial charge in [0, 0.05) is 31.7 Å². The molecule has 5 heterocycles. The molecular formula is C45H34F5N2PS. The Kier molecular flexibility index (Phi) is 8.11. The van der Waals surface area contributed by atoms with Gasteiger partial charge in [0.05, 0.1) is 28.1 Å². The third kappa shape index (κ3) is 5.10. The smallest absolute Gasteiger partial charge is 0.200 e. The second-order valence-corrected chi connectivity index (χ2v) is 18.2. The Hall–Kier alpha value is -4.91. The Labute approximate surface area is 315 Å². The van der Waals surface area contributed by atoms with Crippen LogP contribution in [0.25, 0.3) is 16.5 Å². The Morgan fingerprint density at radius 2 is 0.944 bits per heavy atom. The molecule has 0 spiro atoms. The topological polar surface area (TPSA) is 24.7 Å². The molecule has 0 radical (unpaired) electrons. The van der Waals surface area contributed by atoms with Crippen LogP contribution in [0.15, 0.2) is 118 Å². The lowest BCUT2D eigenvalue weighted by molar-refractivity contribution is 0.383. The van der Waals surface area contributed by atoms with Crippen LogP contribution >= 0.6 is 18.9 Å². The van der Waals surface area contributed by atoms with Gasteiger partial charge in [0.15, 0.2) is 23.3 Å². The van der Waals surface area contributed by atoms with E-state index < -0.39 is 52.8 Å². The number of thiophene rings is 1. The van der Waals surface area contributed by atoms with Crippen LogP contribution in [0, 0.1) is 29.1 Å². The van der Waals surface area contributed by atoms with Crippen LogP contribution in [-0.2, 0) is 23.7 Å². The van der Waals surface area contributed by atoms with Crippen molar-refractivity contribution in [2.24, 2.45) is 9.98 Å². The summed E-state index contributed by atoms with van der Waals surface area (Å²) in [6, 6.07) is 24.3. The van der Waals surface area contributed by atoms with Crippen molar-refractivity contribution in [3.8, 4) is 5.30 Å². The van der Waals surface area contributed by atoms with Crippen molar-refractivity contribution >= 4 is 41.4 Å². The van der Waals surface area contributed by atoms with E-state index in [2.05, 4.69) is 12.1 Å². The first-order valence-corrected chi connectivity index (χ1v) is 20.1. The summed E-state index contributed by atoms with van der Waals surface area (Å²) in [6.07, 6.45) is 9.88. The molecule has 0 saturated carbocycles. The molecule has 0 amide bonds. The summed E-state index contributed by atoms with van der Waals surface area (Å²) >= 11 is 1.66. The van der Waals surface area contributed by atoms with Crippen molar-refractivity contribution in [2.75, 3.05) is 0 Å². The number of fused-ring (bicyclic) bond motifs is 9. The molecule has 3 aliphatic heterocycles. The number of rotatable bonds is 3. The summed E-state index contributed by atoms with van der Waals surface area (Å²) in [4.78, 5) is 12.6. The first-order valence-electron chi connectivity index (χ1n) is 17.9. The summed E-state index contributed by atoms with van der Waals surface area (Å²) in [5.74, 6) is -9.59. The zero-order valence-corrected chi connectivity index (χ0v) is 31.7. The molecule has 0 saturated heterocycles. The number of benzene rings is 3. The van der Waals surface area contributed by atoms with Crippen LogP contribution in [0.5, 0.6) is 0 Å². The van der Waals surface area contributed by atoms with Crippen LogP contribution in [0.2, 0.25) is 0 Å². The summed E-state index contributed by atoms with van der Waals surface area (Å²) in [7, 11) is -2.26. The van der Waals surface area contributed by atoms with Crippen LogP contribution in [-0.4, -0.2) is 11.4 Å². The van der Waals surface area contributed by atoms with E-state index in [1.54, 1.807) is 11.3 Å². The van der Waals surface area contributed by atoms with Gasteiger partial charge in [0.2, 0.25) is 5.82 Å². The van der Waals surface area contributed by atoms with Crippen LogP contribution in [0.3, 0.4) is 0 Å². The third-order valence-electron chi connectivity index (χ3n) is 11.1. The third-order valence-corrected chi connectivity index (χ3v) is 15.6. The maximum atomic E-state index is 16.3. The van der Waals surface area contributed by atoms with Crippen LogP contribution < -0.4 is 0 Å². The molecule has 0 fully saturated rings. The summed E-state index contributed by atoms with van der Waals surface area (Å²) in [5.41, 5.74) is 6.53. The van der Waals surface area contributed by atoms with Crippen molar-refractivity contribution < 1.29 is 22.0 Å². The van der Waals surface area contributed by atoms with E-state index in [0.717, 1.165) is 61.0 Å². The number of hydrogen-bond donors (Lipinski definition) is 0. The molecule has 0 unspecified atom stereocenters. The Morgan fingerprint density at radius 1 is 0.537 bits per heavy atom. The largest absolute Gasteiger partial charge is 0.252 e. The fourth-order valence-corrected chi connectivity index (χ4v) is 13.4. The highest BCUT2D eigenvalue weighted by atomic mass is 32.1. The zero-order chi connectivity index (χ0) is 37.7. The number of nitrogens with zero attached hydrogens (tertiary/aromatic N) is 2. The fraction of sp³-hybridized carbons (Fsp3) is 0.200. The number of hydrogen-bond acceptors (Lipinski definition) is 3. The van der Waals surface area contributed by atoms with Crippen molar-refractivity contribution in [3.63, 3.8) is 0 Å². The quantitative estimate of drug-likeness (QED) is 0.0994. The minimum absolute atomic E-state index is 0.625. The fourth-order valence-electron chi connectivity index (χ4n) is 8.57. The van der Waals surface area contributed by atoms with Crippen LogP contribution in [0.4, 0.5) is 22.0 Å². The maximum Gasteiger partial charge on any atom is 0.200 e. The van der Waals surface area contributed by atoms with E-state index in [1.807, 2.05) is 113 Å². The molecular weight excluding hydrogens is 727 g/mol. The highest BCUT2D eigenvalue weighted by molar-refractivity contribution is 7.59. The number of allylic oxidation sites excluding steroid dienone is 4. The van der Waals surface area contributed by atoms with Gasteiger partial charge in [-0.1, -0.05) is 68.2 Å². The second kappa shape index (κ2) is 12.6.